The van der Waals surface area contributed by atoms with Gasteiger partial charge in [-0.15, -0.1) is 0 Å². The van der Waals surface area contributed by atoms with Crippen LogP contribution in [-0.2, 0) is 18.3 Å². The molecule has 0 radical (unpaired) electrons. The molecule has 3 aromatic rings. The van der Waals surface area contributed by atoms with Gasteiger partial charge in [-0.3, -0.25) is 9.48 Å². The molecule has 2 heterocycles. The maximum atomic E-state index is 12.8. The number of carbonyl (C=O) groups is 1. The van der Waals surface area contributed by atoms with Gasteiger partial charge in [-0.25, -0.2) is 9.97 Å². The van der Waals surface area contributed by atoms with E-state index >= 15 is 0 Å². The maximum Gasteiger partial charge on any atom is 0.233 e. The monoisotopic (exact) mass is 367 g/mol. The molecular weight excluding hydrogens is 346 g/mol. The van der Waals surface area contributed by atoms with E-state index in [1.807, 2.05) is 19.0 Å². The minimum absolute atomic E-state index is 0.118. The highest BCUT2D eigenvalue weighted by Crippen LogP contribution is 2.34. The Labute approximate surface area is 156 Å². The lowest BCUT2D eigenvalue weighted by atomic mass is 9.87. The molecule has 0 fully saturated rings. The van der Waals surface area contributed by atoms with Crippen molar-refractivity contribution < 1.29 is 4.79 Å². The molecule has 2 aromatic heterocycles. The molecule has 1 aliphatic rings. The van der Waals surface area contributed by atoms with Gasteiger partial charge in [0.25, 0.3) is 0 Å². The van der Waals surface area contributed by atoms with Crippen LogP contribution in [0.4, 0.5) is 0 Å². The number of rotatable bonds is 4. The fourth-order valence-electron chi connectivity index (χ4n) is 3.59. The molecular formula is C19H21N5OS. The Morgan fingerprint density at radius 2 is 2.19 bits per heavy atom. The van der Waals surface area contributed by atoms with Crippen LogP contribution in [0, 0.1) is 0 Å². The van der Waals surface area contributed by atoms with Crippen molar-refractivity contribution in [2.75, 3.05) is 12.8 Å². The van der Waals surface area contributed by atoms with E-state index in [2.05, 4.69) is 39.3 Å². The highest BCUT2D eigenvalue weighted by Gasteiger charge is 2.26. The number of hydrogen-bond donors (Lipinski definition) is 0. The number of nitrogens with zero attached hydrogens (tertiary/aromatic N) is 5. The number of hydrogen-bond acceptors (Lipinski definition) is 5. The number of benzene rings is 1. The smallest absolute Gasteiger partial charge is 0.233 e. The van der Waals surface area contributed by atoms with Crippen LogP contribution in [-0.4, -0.2) is 43.4 Å². The van der Waals surface area contributed by atoms with E-state index in [-0.39, 0.29) is 11.9 Å². The van der Waals surface area contributed by atoms with Crippen LogP contribution in [0.15, 0.2) is 41.8 Å². The number of aromatic nitrogens is 4. The zero-order valence-electron chi connectivity index (χ0n) is 14.9. The van der Waals surface area contributed by atoms with Crippen molar-refractivity contribution in [3.05, 3.63) is 47.9 Å². The predicted molar refractivity (Wildman–Crippen MR) is 102 cm³/mol. The van der Waals surface area contributed by atoms with Crippen molar-refractivity contribution in [1.82, 2.24) is 24.6 Å². The first kappa shape index (κ1) is 17.0. The molecule has 6 nitrogen and oxygen atoms in total. The fraction of sp³-hybridized carbons (Fsp3) is 0.368. The molecule has 0 saturated carbocycles. The van der Waals surface area contributed by atoms with Crippen molar-refractivity contribution in [3.63, 3.8) is 0 Å². The Morgan fingerprint density at radius 3 is 3.08 bits per heavy atom. The van der Waals surface area contributed by atoms with Crippen molar-refractivity contribution in [2.45, 2.75) is 30.3 Å². The van der Waals surface area contributed by atoms with Crippen LogP contribution in [0.25, 0.3) is 11.0 Å². The van der Waals surface area contributed by atoms with Gasteiger partial charge in [-0.1, -0.05) is 36.0 Å². The summed E-state index contributed by atoms with van der Waals surface area (Å²) in [6, 6.07) is 8.63. The molecule has 0 saturated heterocycles. The van der Waals surface area contributed by atoms with Gasteiger partial charge in [0.2, 0.25) is 5.91 Å². The Hall–Kier alpha value is -2.41. The Kier molecular flexibility index (Phi) is 4.63. The standard InChI is InChI=1S/C19H21N5OS/c1-23(16-9-5-7-13-6-3-4-8-14(13)16)17(25)11-26-19-15-10-22-24(2)18(15)20-12-21-19/h3-4,6,8,10,12,16H,5,7,9,11H2,1-2H3/t16-/m1/s1. The zero-order valence-corrected chi connectivity index (χ0v) is 15.7. The number of carbonyl (C=O) groups excluding carboxylic acids is 1. The Balaban J connectivity index is 1.48. The van der Waals surface area contributed by atoms with Gasteiger partial charge in [-0.05, 0) is 30.4 Å². The molecule has 0 unspecified atom stereocenters. The molecule has 0 N–H and O–H groups in total. The molecule has 1 atom stereocenters. The molecule has 0 aliphatic heterocycles. The Morgan fingerprint density at radius 1 is 1.35 bits per heavy atom. The van der Waals surface area contributed by atoms with Gasteiger partial charge in [0.15, 0.2) is 5.65 Å². The van der Waals surface area contributed by atoms with Crippen molar-refractivity contribution in [1.29, 1.82) is 0 Å². The number of amides is 1. The second kappa shape index (κ2) is 7.07. The lowest BCUT2D eigenvalue weighted by molar-refractivity contribution is -0.129. The first-order valence-corrected chi connectivity index (χ1v) is 9.72. The quantitative estimate of drug-likeness (QED) is 0.524. The van der Waals surface area contributed by atoms with Crippen LogP contribution in [0.5, 0.6) is 0 Å². The van der Waals surface area contributed by atoms with Crippen LogP contribution in [0.1, 0.15) is 30.0 Å². The van der Waals surface area contributed by atoms with Gasteiger partial charge >= 0.3 is 0 Å². The first-order valence-electron chi connectivity index (χ1n) is 8.74. The van der Waals surface area contributed by atoms with Gasteiger partial charge < -0.3 is 4.90 Å². The van der Waals surface area contributed by atoms with Crippen molar-refractivity contribution >= 4 is 28.7 Å². The highest BCUT2D eigenvalue weighted by atomic mass is 32.2. The molecule has 4 rings (SSSR count). The molecule has 134 valence electrons. The maximum absolute atomic E-state index is 12.8. The van der Waals surface area contributed by atoms with Gasteiger partial charge in [0, 0.05) is 14.1 Å². The summed E-state index contributed by atoms with van der Waals surface area (Å²) in [5.41, 5.74) is 3.43. The number of fused-ring (bicyclic) bond motifs is 2. The summed E-state index contributed by atoms with van der Waals surface area (Å²) in [5, 5.41) is 5.91. The van der Waals surface area contributed by atoms with Gasteiger partial charge in [0.1, 0.15) is 11.4 Å². The minimum atomic E-state index is 0.118. The summed E-state index contributed by atoms with van der Waals surface area (Å²) in [5.74, 6) is 0.475. The van der Waals surface area contributed by atoms with Crippen molar-refractivity contribution in [3.8, 4) is 0 Å². The van der Waals surface area contributed by atoms with E-state index in [4.69, 9.17) is 0 Å². The van der Waals surface area contributed by atoms with E-state index in [1.54, 1.807) is 10.9 Å². The Bertz CT molecular complexity index is 954. The summed E-state index contributed by atoms with van der Waals surface area (Å²) < 4.78 is 1.72. The lowest BCUT2D eigenvalue weighted by Gasteiger charge is -2.33. The van der Waals surface area contributed by atoms with Crippen LogP contribution >= 0.6 is 11.8 Å². The lowest BCUT2D eigenvalue weighted by Crippen LogP contribution is -2.34. The van der Waals surface area contributed by atoms with E-state index in [9.17, 15) is 4.79 Å². The summed E-state index contributed by atoms with van der Waals surface area (Å²) >= 11 is 1.45. The first-order chi connectivity index (χ1) is 12.6. The van der Waals surface area contributed by atoms with Crippen LogP contribution in [0.2, 0.25) is 0 Å². The largest absolute Gasteiger partial charge is 0.338 e. The molecule has 0 spiro atoms. The zero-order chi connectivity index (χ0) is 18.1. The van der Waals surface area contributed by atoms with E-state index in [0.717, 1.165) is 35.3 Å². The molecule has 0 bridgehead atoms. The number of aryl methyl sites for hydroxylation is 2. The fourth-order valence-corrected chi connectivity index (χ4v) is 4.48. The molecule has 1 aromatic carbocycles. The predicted octanol–water partition coefficient (Wildman–Crippen LogP) is 2.99. The summed E-state index contributed by atoms with van der Waals surface area (Å²) in [6.45, 7) is 0. The van der Waals surface area contributed by atoms with E-state index in [0.29, 0.717) is 5.75 Å². The SMILES string of the molecule is CN(C(=O)CSc1ncnc2c1cnn2C)[C@@H]1CCCc2ccccc21. The van der Waals surface area contributed by atoms with Crippen LogP contribution in [0.3, 0.4) is 0 Å². The highest BCUT2D eigenvalue weighted by molar-refractivity contribution is 8.00. The van der Waals surface area contributed by atoms with Crippen LogP contribution < -0.4 is 0 Å². The third-order valence-electron chi connectivity index (χ3n) is 5.02. The van der Waals surface area contributed by atoms with Gasteiger partial charge in [0.05, 0.1) is 23.4 Å². The third-order valence-corrected chi connectivity index (χ3v) is 6.01. The average molecular weight is 367 g/mol. The summed E-state index contributed by atoms with van der Waals surface area (Å²) in [6.07, 6.45) is 6.52. The second-order valence-electron chi connectivity index (χ2n) is 6.58. The molecule has 7 heteroatoms. The summed E-state index contributed by atoms with van der Waals surface area (Å²) in [7, 11) is 3.76. The topological polar surface area (TPSA) is 63.9 Å². The minimum Gasteiger partial charge on any atom is -0.338 e. The van der Waals surface area contributed by atoms with E-state index in [1.165, 1.54) is 29.2 Å². The van der Waals surface area contributed by atoms with Crippen molar-refractivity contribution in [2.24, 2.45) is 7.05 Å². The number of thioether (sulfide) groups is 1. The molecule has 26 heavy (non-hydrogen) atoms. The van der Waals surface area contributed by atoms with E-state index < -0.39 is 0 Å². The third kappa shape index (κ3) is 3.07. The summed E-state index contributed by atoms with van der Waals surface area (Å²) in [4.78, 5) is 23.3. The normalized spacial score (nSPS) is 16.5. The molecule has 1 amide bonds. The molecule has 1 aliphatic carbocycles. The van der Waals surface area contributed by atoms with Gasteiger partial charge in [-0.2, -0.15) is 5.10 Å². The average Bonchev–Trinajstić information content (AvgIpc) is 3.06. The second-order valence-corrected chi connectivity index (χ2v) is 7.55.